The SMILES string of the molecule is N#CC(C(=O)O)=C(Cc1ccccc1)Cc1ccccc1. The smallest absolute Gasteiger partial charge is 0.346 e. The summed E-state index contributed by atoms with van der Waals surface area (Å²) >= 11 is 0. The first kappa shape index (κ1) is 14.5. The second-order valence-electron chi connectivity index (χ2n) is 4.72. The van der Waals surface area contributed by atoms with E-state index in [1.54, 1.807) is 0 Å². The van der Waals surface area contributed by atoms with Gasteiger partial charge in [0.15, 0.2) is 0 Å². The molecule has 0 saturated heterocycles. The van der Waals surface area contributed by atoms with Crippen LogP contribution in [0.25, 0.3) is 0 Å². The van der Waals surface area contributed by atoms with Crippen molar-refractivity contribution >= 4 is 5.97 Å². The monoisotopic (exact) mass is 277 g/mol. The van der Waals surface area contributed by atoms with Gasteiger partial charge in [0, 0.05) is 0 Å². The van der Waals surface area contributed by atoms with Crippen LogP contribution in [-0.2, 0) is 17.6 Å². The van der Waals surface area contributed by atoms with E-state index in [-0.39, 0.29) is 5.57 Å². The molecular formula is C18H15NO2. The van der Waals surface area contributed by atoms with Crippen molar-refractivity contribution in [2.75, 3.05) is 0 Å². The number of allylic oxidation sites excluding steroid dienone is 1. The molecule has 1 N–H and O–H groups in total. The summed E-state index contributed by atoms with van der Waals surface area (Å²) < 4.78 is 0. The van der Waals surface area contributed by atoms with E-state index in [1.807, 2.05) is 66.7 Å². The van der Waals surface area contributed by atoms with Gasteiger partial charge in [-0.2, -0.15) is 5.26 Å². The van der Waals surface area contributed by atoms with Crippen LogP contribution in [0.4, 0.5) is 0 Å². The molecule has 0 fully saturated rings. The molecule has 104 valence electrons. The molecule has 2 aromatic carbocycles. The van der Waals surface area contributed by atoms with E-state index >= 15 is 0 Å². The third kappa shape index (κ3) is 4.05. The summed E-state index contributed by atoms with van der Waals surface area (Å²) in [4.78, 5) is 11.3. The third-order valence-electron chi connectivity index (χ3n) is 3.20. The van der Waals surface area contributed by atoms with Crippen molar-refractivity contribution in [2.24, 2.45) is 0 Å². The normalized spacial score (nSPS) is 9.67. The van der Waals surface area contributed by atoms with Crippen molar-refractivity contribution in [3.05, 3.63) is 82.9 Å². The van der Waals surface area contributed by atoms with Crippen molar-refractivity contribution in [2.45, 2.75) is 12.8 Å². The number of benzene rings is 2. The van der Waals surface area contributed by atoms with Gasteiger partial charge >= 0.3 is 5.97 Å². The molecule has 0 heterocycles. The number of carboxylic acid groups (broad SMARTS) is 1. The second kappa shape index (κ2) is 7.06. The van der Waals surface area contributed by atoms with Gasteiger partial charge in [-0.25, -0.2) is 4.79 Å². The average Bonchev–Trinajstić information content (AvgIpc) is 2.49. The van der Waals surface area contributed by atoms with E-state index in [1.165, 1.54) is 0 Å². The van der Waals surface area contributed by atoms with Crippen LogP contribution in [0.5, 0.6) is 0 Å². The number of nitriles is 1. The quantitative estimate of drug-likeness (QED) is 0.673. The highest BCUT2D eigenvalue weighted by Gasteiger charge is 2.15. The third-order valence-corrected chi connectivity index (χ3v) is 3.20. The fourth-order valence-electron chi connectivity index (χ4n) is 2.20. The summed E-state index contributed by atoms with van der Waals surface area (Å²) in [7, 11) is 0. The van der Waals surface area contributed by atoms with Gasteiger partial charge in [0.2, 0.25) is 0 Å². The molecule has 0 aliphatic rings. The van der Waals surface area contributed by atoms with Crippen LogP contribution in [0.3, 0.4) is 0 Å². The van der Waals surface area contributed by atoms with Gasteiger partial charge < -0.3 is 5.11 Å². The Kier molecular flexibility index (Phi) is 4.89. The van der Waals surface area contributed by atoms with Crippen molar-refractivity contribution < 1.29 is 9.90 Å². The zero-order chi connectivity index (χ0) is 15.1. The Bertz CT molecular complexity index is 639. The number of hydrogen-bond acceptors (Lipinski definition) is 2. The molecule has 0 spiro atoms. The lowest BCUT2D eigenvalue weighted by atomic mass is 9.94. The van der Waals surface area contributed by atoms with Crippen molar-refractivity contribution in [1.82, 2.24) is 0 Å². The topological polar surface area (TPSA) is 61.1 Å². The molecule has 0 atom stereocenters. The maximum Gasteiger partial charge on any atom is 0.346 e. The number of carboxylic acids is 1. The Balaban J connectivity index is 2.36. The van der Waals surface area contributed by atoms with Crippen molar-refractivity contribution in [3.63, 3.8) is 0 Å². The molecule has 0 bridgehead atoms. The molecular weight excluding hydrogens is 262 g/mol. The maximum atomic E-state index is 11.3. The molecule has 0 amide bonds. The molecule has 0 unspecified atom stereocenters. The van der Waals surface area contributed by atoms with E-state index in [0.717, 1.165) is 11.1 Å². The van der Waals surface area contributed by atoms with E-state index in [9.17, 15) is 9.90 Å². The molecule has 0 saturated carbocycles. The first-order chi connectivity index (χ1) is 10.2. The number of aliphatic carboxylic acids is 1. The lowest BCUT2D eigenvalue weighted by Gasteiger charge is -2.09. The lowest BCUT2D eigenvalue weighted by Crippen LogP contribution is -2.07. The molecule has 3 heteroatoms. The fourth-order valence-corrected chi connectivity index (χ4v) is 2.20. The number of rotatable bonds is 5. The van der Waals surface area contributed by atoms with Crippen LogP contribution in [0, 0.1) is 11.3 Å². The van der Waals surface area contributed by atoms with Crippen molar-refractivity contribution in [1.29, 1.82) is 5.26 Å². The van der Waals surface area contributed by atoms with Crippen LogP contribution >= 0.6 is 0 Å². The molecule has 0 radical (unpaired) electrons. The Morgan fingerprint density at radius 3 is 1.67 bits per heavy atom. The fraction of sp³-hybridized carbons (Fsp3) is 0.111. The van der Waals surface area contributed by atoms with Crippen LogP contribution in [0.15, 0.2) is 71.8 Å². The van der Waals surface area contributed by atoms with Gasteiger partial charge in [0.05, 0.1) is 0 Å². The number of hydrogen-bond donors (Lipinski definition) is 1. The van der Waals surface area contributed by atoms with E-state index in [4.69, 9.17) is 5.26 Å². The Morgan fingerprint density at radius 1 is 0.905 bits per heavy atom. The summed E-state index contributed by atoms with van der Waals surface area (Å²) in [5.74, 6) is -1.17. The zero-order valence-corrected chi connectivity index (χ0v) is 11.5. The first-order valence-electron chi connectivity index (χ1n) is 6.64. The number of carbonyl (C=O) groups is 1. The predicted octanol–water partition coefficient (Wildman–Crippen LogP) is 3.38. The molecule has 2 rings (SSSR count). The van der Waals surface area contributed by atoms with Crippen LogP contribution in [-0.4, -0.2) is 11.1 Å². The van der Waals surface area contributed by atoms with Gasteiger partial charge in [-0.15, -0.1) is 0 Å². The highest BCUT2D eigenvalue weighted by atomic mass is 16.4. The summed E-state index contributed by atoms with van der Waals surface area (Å²) in [5.41, 5.74) is 2.46. The minimum atomic E-state index is -1.17. The summed E-state index contributed by atoms with van der Waals surface area (Å²) in [6.45, 7) is 0. The number of nitrogens with zero attached hydrogens (tertiary/aromatic N) is 1. The van der Waals surface area contributed by atoms with Crippen LogP contribution in [0.1, 0.15) is 11.1 Å². The molecule has 0 aliphatic heterocycles. The van der Waals surface area contributed by atoms with Gasteiger partial charge in [-0.05, 0) is 29.5 Å². The van der Waals surface area contributed by atoms with E-state index in [2.05, 4.69) is 0 Å². The average molecular weight is 277 g/mol. The molecule has 3 nitrogen and oxygen atoms in total. The van der Waals surface area contributed by atoms with Gasteiger partial charge in [0.25, 0.3) is 0 Å². The van der Waals surface area contributed by atoms with Crippen LogP contribution in [0.2, 0.25) is 0 Å². The summed E-state index contributed by atoms with van der Waals surface area (Å²) in [6, 6.07) is 21.0. The first-order valence-corrected chi connectivity index (χ1v) is 6.64. The van der Waals surface area contributed by atoms with Gasteiger partial charge in [-0.3, -0.25) is 0 Å². The van der Waals surface area contributed by atoms with E-state index < -0.39 is 5.97 Å². The predicted molar refractivity (Wildman–Crippen MR) is 80.6 cm³/mol. The summed E-state index contributed by atoms with van der Waals surface area (Å²) in [6.07, 6.45) is 0.926. The zero-order valence-electron chi connectivity index (χ0n) is 11.5. The van der Waals surface area contributed by atoms with Gasteiger partial charge in [-0.1, -0.05) is 60.7 Å². The maximum absolute atomic E-state index is 11.3. The van der Waals surface area contributed by atoms with Crippen LogP contribution < -0.4 is 0 Å². The minimum Gasteiger partial charge on any atom is -0.477 e. The van der Waals surface area contributed by atoms with Crippen molar-refractivity contribution in [3.8, 4) is 6.07 Å². The lowest BCUT2D eigenvalue weighted by molar-refractivity contribution is -0.132. The Morgan fingerprint density at radius 2 is 1.33 bits per heavy atom. The van der Waals surface area contributed by atoms with Gasteiger partial charge in [0.1, 0.15) is 11.6 Å². The van der Waals surface area contributed by atoms with E-state index in [0.29, 0.717) is 18.4 Å². The molecule has 0 aromatic heterocycles. The largest absolute Gasteiger partial charge is 0.477 e. The second-order valence-corrected chi connectivity index (χ2v) is 4.72. The summed E-state index contributed by atoms with van der Waals surface area (Å²) in [5, 5.41) is 18.4. The molecule has 0 aliphatic carbocycles. The molecule has 21 heavy (non-hydrogen) atoms. The minimum absolute atomic E-state index is 0.164. The standard InChI is InChI=1S/C18H15NO2/c19-13-17(18(20)21)16(11-14-7-3-1-4-8-14)12-15-9-5-2-6-10-15/h1-10H,11-12H2,(H,20,21). The molecule has 2 aromatic rings. The highest BCUT2D eigenvalue weighted by Crippen LogP contribution is 2.18. The highest BCUT2D eigenvalue weighted by molar-refractivity contribution is 5.92. The Labute approximate surface area is 123 Å². The Hall–Kier alpha value is -2.86.